The summed E-state index contributed by atoms with van der Waals surface area (Å²) in [4.78, 5) is 29.4. The summed E-state index contributed by atoms with van der Waals surface area (Å²) in [6, 6.07) is 7.46. The third-order valence-electron chi connectivity index (χ3n) is 3.31. The summed E-state index contributed by atoms with van der Waals surface area (Å²) in [7, 11) is -4.34. The molecule has 0 amide bonds. The van der Waals surface area contributed by atoms with Crippen LogP contribution in [0.2, 0.25) is 0 Å². The highest BCUT2D eigenvalue weighted by atomic mass is 31.2. The number of benzene rings is 1. The molecule has 18 heavy (non-hydrogen) atoms. The maximum Gasteiger partial charge on any atom is 0.329 e. The topological polar surface area (TPSA) is 121 Å². The van der Waals surface area contributed by atoms with Gasteiger partial charge in [-0.3, -0.25) is 9.36 Å². The minimum Gasteiger partial charge on any atom is -0.480 e. The van der Waals surface area contributed by atoms with Crippen LogP contribution in [0, 0.1) is 5.92 Å². The van der Waals surface area contributed by atoms with E-state index in [1.807, 2.05) is 0 Å². The molecular weight excluding hydrogens is 257 g/mol. The van der Waals surface area contributed by atoms with Crippen molar-refractivity contribution in [2.75, 3.05) is 0 Å². The van der Waals surface area contributed by atoms with Crippen LogP contribution >= 0.6 is 7.60 Å². The lowest BCUT2D eigenvalue weighted by Gasteiger charge is -2.05. The number of rotatable bonds is 4. The Hall–Kier alpha value is -1.20. The second-order valence-electron chi connectivity index (χ2n) is 4.46. The van der Waals surface area contributed by atoms with E-state index in [-0.39, 0.29) is 0 Å². The summed E-state index contributed by atoms with van der Waals surface area (Å²) in [6.45, 7) is 0. The van der Waals surface area contributed by atoms with Gasteiger partial charge in [0.2, 0.25) is 0 Å². The molecule has 0 radical (unpaired) electrons. The van der Waals surface area contributed by atoms with Crippen LogP contribution in [0.25, 0.3) is 0 Å². The summed E-state index contributed by atoms with van der Waals surface area (Å²) in [5.74, 6) is -2.44. The van der Waals surface area contributed by atoms with Crippen molar-refractivity contribution in [2.24, 2.45) is 11.7 Å². The van der Waals surface area contributed by atoms with Crippen molar-refractivity contribution in [1.29, 1.82) is 0 Å². The Balaban J connectivity index is 2.30. The molecule has 1 fully saturated rings. The third kappa shape index (κ3) is 2.33. The van der Waals surface area contributed by atoms with E-state index in [1.165, 1.54) is 0 Å². The number of aliphatic carboxylic acids is 1. The highest BCUT2D eigenvalue weighted by Gasteiger charge is 2.63. The predicted octanol–water partition coefficient (Wildman–Crippen LogP) is 0.358. The molecule has 1 aliphatic rings. The van der Waals surface area contributed by atoms with E-state index in [0.29, 0.717) is 5.56 Å². The lowest BCUT2D eigenvalue weighted by Crippen LogP contribution is -2.33. The number of carbonyl (C=O) groups is 1. The number of hydrogen-bond acceptors (Lipinski definition) is 3. The van der Waals surface area contributed by atoms with Gasteiger partial charge in [0.15, 0.2) is 0 Å². The zero-order valence-electron chi connectivity index (χ0n) is 9.38. The molecule has 1 aliphatic carbocycles. The molecule has 0 saturated heterocycles. The van der Waals surface area contributed by atoms with Crippen LogP contribution < -0.4 is 5.73 Å². The molecule has 5 N–H and O–H groups in total. The minimum atomic E-state index is -4.34. The van der Waals surface area contributed by atoms with Crippen LogP contribution in [0.5, 0.6) is 0 Å². The second-order valence-corrected chi connectivity index (χ2v) is 6.23. The molecule has 0 unspecified atom stereocenters. The highest BCUT2D eigenvalue weighted by Crippen LogP contribution is 2.67. The second kappa shape index (κ2) is 4.48. The fourth-order valence-electron chi connectivity index (χ4n) is 2.45. The highest BCUT2D eigenvalue weighted by molar-refractivity contribution is 7.53. The fourth-order valence-corrected chi connectivity index (χ4v) is 3.96. The first-order chi connectivity index (χ1) is 8.34. The van der Waals surface area contributed by atoms with Crippen LogP contribution in [0.3, 0.4) is 0 Å². The molecule has 0 aromatic heterocycles. The fraction of sp³-hybridized carbons (Fsp3) is 0.364. The van der Waals surface area contributed by atoms with Gasteiger partial charge in [0, 0.05) is 11.8 Å². The first-order valence-corrected chi connectivity index (χ1v) is 7.10. The van der Waals surface area contributed by atoms with Crippen molar-refractivity contribution in [3.63, 3.8) is 0 Å². The van der Waals surface area contributed by atoms with Crippen molar-refractivity contribution in [1.82, 2.24) is 0 Å². The van der Waals surface area contributed by atoms with Gasteiger partial charge in [-0.2, -0.15) is 0 Å². The van der Waals surface area contributed by atoms with Gasteiger partial charge < -0.3 is 20.6 Å². The van der Waals surface area contributed by atoms with Gasteiger partial charge in [0.25, 0.3) is 0 Å². The van der Waals surface area contributed by atoms with Crippen LogP contribution in [0.4, 0.5) is 0 Å². The Morgan fingerprint density at radius 1 is 1.28 bits per heavy atom. The normalized spacial score (nSPS) is 28.7. The Morgan fingerprint density at radius 3 is 2.28 bits per heavy atom. The van der Waals surface area contributed by atoms with Crippen molar-refractivity contribution in [3.05, 3.63) is 35.9 Å². The van der Waals surface area contributed by atoms with Gasteiger partial charge in [-0.05, 0) is 5.56 Å². The Morgan fingerprint density at radius 2 is 1.83 bits per heavy atom. The lowest BCUT2D eigenvalue weighted by atomic mass is 10.1. The van der Waals surface area contributed by atoms with Gasteiger partial charge in [-0.1, -0.05) is 30.3 Å². The molecule has 0 heterocycles. The van der Waals surface area contributed by atoms with Crippen LogP contribution in [0.15, 0.2) is 30.3 Å². The summed E-state index contributed by atoms with van der Waals surface area (Å²) in [5.41, 5.74) is 5.21. The maximum absolute atomic E-state index is 11.4. The maximum atomic E-state index is 11.4. The van der Waals surface area contributed by atoms with Crippen molar-refractivity contribution >= 4 is 13.6 Å². The summed E-state index contributed by atoms with van der Waals surface area (Å²) in [5, 5.41) is 8.86. The van der Waals surface area contributed by atoms with Gasteiger partial charge in [-0.25, -0.2) is 0 Å². The third-order valence-corrected chi connectivity index (χ3v) is 4.75. The molecule has 4 atom stereocenters. The molecule has 0 aliphatic heterocycles. The number of carboxylic acid groups (broad SMARTS) is 1. The molecule has 98 valence electrons. The summed E-state index contributed by atoms with van der Waals surface area (Å²) >= 11 is 0. The quantitative estimate of drug-likeness (QED) is 0.587. The van der Waals surface area contributed by atoms with E-state index >= 15 is 0 Å². The van der Waals surface area contributed by atoms with Crippen molar-refractivity contribution < 1.29 is 24.3 Å². The first-order valence-electron chi connectivity index (χ1n) is 5.42. The van der Waals surface area contributed by atoms with E-state index in [1.54, 1.807) is 30.3 Å². The lowest BCUT2D eigenvalue weighted by molar-refractivity contribution is -0.139. The predicted molar refractivity (Wildman–Crippen MR) is 64.1 cm³/mol. The average molecular weight is 271 g/mol. The molecule has 1 aromatic rings. The van der Waals surface area contributed by atoms with E-state index < -0.39 is 37.1 Å². The van der Waals surface area contributed by atoms with E-state index in [0.717, 1.165) is 0 Å². The van der Waals surface area contributed by atoms with Gasteiger partial charge in [0.1, 0.15) is 6.04 Å². The number of carboxylic acids is 1. The largest absolute Gasteiger partial charge is 0.480 e. The van der Waals surface area contributed by atoms with Crippen molar-refractivity contribution in [2.45, 2.75) is 17.6 Å². The van der Waals surface area contributed by atoms with Crippen LogP contribution in [-0.4, -0.2) is 32.6 Å². The smallest absolute Gasteiger partial charge is 0.329 e. The molecule has 2 rings (SSSR count). The van der Waals surface area contributed by atoms with E-state index in [4.69, 9.17) is 10.8 Å². The van der Waals surface area contributed by atoms with Gasteiger partial charge in [0.05, 0.1) is 5.66 Å². The number of hydrogen-bond donors (Lipinski definition) is 4. The van der Waals surface area contributed by atoms with Gasteiger partial charge >= 0.3 is 13.6 Å². The van der Waals surface area contributed by atoms with Gasteiger partial charge in [-0.15, -0.1) is 0 Å². The molecule has 7 heteroatoms. The Bertz CT molecular complexity index is 499. The van der Waals surface area contributed by atoms with Crippen LogP contribution in [-0.2, 0) is 9.36 Å². The summed E-state index contributed by atoms with van der Waals surface area (Å²) < 4.78 is 11.4. The molecule has 1 aromatic carbocycles. The molecule has 0 spiro atoms. The summed E-state index contributed by atoms with van der Waals surface area (Å²) in [6.07, 6.45) is 0. The zero-order valence-corrected chi connectivity index (χ0v) is 10.3. The molecule has 0 bridgehead atoms. The monoisotopic (exact) mass is 271 g/mol. The van der Waals surface area contributed by atoms with Crippen LogP contribution in [0.1, 0.15) is 11.5 Å². The van der Waals surface area contributed by atoms with E-state index in [2.05, 4.69) is 0 Å². The van der Waals surface area contributed by atoms with Crippen molar-refractivity contribution in [3.8, 4) is 0 Å². The minimum absolute atomic E-state index is 0.488. The number of nitrogens with two attached hydrogens (primary N) is 1. The zero-order chi connectivity index (χ0) is 13.5. The molecular formula is C11H14NO5P. The molecule has 6 nitrogen and oxygen atoms in total. The standard InChI is InChI=1S/C11H14NO5P/c12-9(11(13)14)8-7(10(8)18(15,16)17)6-4-2-1-3-5-6/h1-5,7-10H,12H2,(H,13,14)(H2,15,16,17)/t7-,8+,9+,10-/m0/s1. The Kier molecular flexibility index (Phi) is 3.29. The molecule has 1 saturated carbocycles. The first kappa shape index (κ1) is 13.2. The SMILES string of the molecule is N[C@@H](C(=O)O)[C@H]1[C@H](c2ccccc2)[C@@H]1P(=O)(O)O. The van der Waals surface area contributed by atoms with E-state index in [9.17, 15) is 19.1 Å². The average Bonchev–Trinajstić information content (AvgIpc) is 3.03. The Labute approximate surface area is 104 Å².